The zero-order valence-electron chi connectivity index (χ0n) is 4.22. The lowest BCUT2D eigenvalue weighted by molar-refractivity contribution is 1.14. The Morgan fingerprint density at radius 1 is 1.86 bits per heavy atom. The van der Waals surface area contributed by atoms with Crippen LogP contribution in [-0.4, -0.2) is 11.5 Å². The Hall–Kier alpha value is -0.160. The summed E-state index contributed by atoms with van der Waals surface area (Å²) in [6, 6.07) is 2.22. The van der Waals surface area contributed by atoms with E-state index in [4.69, 9.17) is 5.26 Å². The average Bonchev–Trinajstić information content (AvgIpc) is 2.43. The van der Waals surface area contributed by atoms with E-state index in [-0.39, 0.29) is 0 Å². The molecule has 1 rings (SSSR count). The van der Waals surface area contributed by atoms with Gasteiger partial charge in [0.2, 0.25) is 0 Å². The third-order valence-corrected chi connectivity index (χ3v) is 2.33. The average molecular weight is 113 g/mol. The monoisotopic (exact) mass is 113 g/mol. The Balaban J connectivity index is 2.21. The zero-order chi connectivity index (χ0) is 5.28. The van der Waals surface area contributed by atoms with Crippen molar-refractivity contribution >= 4 is 11.8 Å². The van der Waals surface area contributed by atoms with Crippen LogP contribution in [0.2, 0.25) is 0 Å². The van der Waals surface area contributed by atoms with E-state index in [9.17, 15) is 0 Å². The maximum atomic E-state index is 8.24. The number of nitrogens with zero attached hydrogens (tertiary/aromatic N) is 1. The van der Waals surface area contributed by atoms with Gasteiger partial charge in [-0.2, -0.15) is 17.0 Å². The van der Waals surface area contributed by atoms with Gasteiger partial charge in [0, 0.05) is 5.25 Å². The maximum Gasteiger partial charge on any atom is 0.0667 e. The summed E-state index contributed by atoms with van der Waals surface area (Å²) in [4.78, 5) is 0. The van der Waals surface area contributed by atoms with Crippen LogP contribution in [0.1, 0.15) is 6.42 Å². The molecule has 1 aliphatic carbocycles. The quantitative estimate of drug-likeness (QED) is 0.511. The molecule has 1 fully saturated rings. The Morgan fingerprint density at radius 2 is 2.57 bits per heavy atom. The summed E-state index contributed by atoms with van der Waals surface area (Å²) in [6.45, 7) is 0. The molecule has 1 saturated carbocycles. The first-order chi connectivity index (χ1) is 3.38. The van der Waals surface area contributed by atoms with Crippen molar-refractivity contribution in [3.05, 3.63) is 0 Å². The van der Waals surface area contributed by atoms with Crippen molar-refractivity contribution in [1.29, 1.82) is 5.26 Å². The highest BCUT2D eigenvalue weighted by Gasteiger charge is 2.36. The predicted octanol–water partition coefficient (Wildman–Crippen LogP) is 1.26. The van der Waals surface area contributed by atoms with Gasteiger partial charge in [-0.15, -0.1) is 0 Å². The number of hydrogen-bond acceptors (Lipinski definition) is 2. The minimum atomic E-state index is 0.384. The normalized spacial score (nSPS) is 37.1. The van der Waals surface area contributed by atoms with Crippen LogP contribution in [0.4, 0.5) is 0 Å². The fourth-order valence-corrected chi connectivity index (χ4v) is 1.36. The maximum absolute atomic E-state index is 8.24. The lowest BCUT2D eigenvalue weighted by atomic mass is 10.5. The molecule has 2 atom stereocenters. The molecular weight excluding hydrogens is 106 g/mol. The standard InChI is InChI=1S/C5H7NS/c1-7-5-2-4(5)3-6/h4-5H,2H2,1H3/t4-,5-/m0/s1. The summed E-state index contributed by atoms with van der Waals surface area (Å²) in [7, 11) is 0. The Kier molecular flexibility index (Phi) is 1.25. The molecule has 0 unspecified atom stereocenters. The van der Waals surface area contributed by atoms with Gasteiger partial charge in [-0.3, -0.25) is 0 Å². The summed E-state index contributed by atoms with van der Waals surface area (Å²) in [5, 5.41) is 8.92. The van der Waals surface area contributed by atoms with Crippen LogP contribution in [0.25, 0.3) is 0 Å². The first kappa shape index (κ1) is 4.99. The van der Waals surface area contributed by atoms with E-state index in [0.29, 0.717) is 11.2 Å². The van der Waals surface area contributed by atoms with Crippen LogP contribution in [-0.2, 0) is 0 Å². The summed E-state index contributed by atoms with van der Waals surface area (Å²) >= 11 is 1.80. The summed E-state index contributed by atoms with van der Waals surface area (Å²) in [5.41, 5.74) is 0. The molecule has 0 aromatic heterocycles. The second kappa shape index (κ2) is 1.75. The van der Waals surface area contributed by atoms with Crippen molar-refractivity contribution in [2.75, 3.05) is 6.26 Å². The van der Waals surface area contributed by atoms with Gasteiger partial charge < -0.3 is 0 Å². The topological polar surface area (TPSA) is 23.8 Å². The van der Waals surface area contributed by atoms with E-state index < -0.39 is 0 Å². The van der Waals surface area contributed by atoms with Gasteiger partial charge in [-0.05, 0) is 12.7 Å². The van der Waals surface area contributed by atoms with E-state index >= 15 is 0 Å². The SMILES string of the molecule is CS[C@H]1C[C@H]1C#N. The highest BCUT2D eigenvalue weighted by molar-refractivity contribution is 7.99. The molecule has 0 N–H and O–H groups in total. The number of rotatable bonds is 1. The fourth-order valence-electron chi connectivity index (χ4n) is 0.568. The van der Waals surface area contributed by atoms with Gasteiger partial charge in [0.1, 0.15) is 0 Å². The molecule has 0 aromatic rings. The molecule has 38 valence electrons. The van der Waals surface area contributed by atoms with Crippen LogP contribution >= 0.6 is 11.8 Å². The molecule has 1 aliphatic rings. The van der Waals surface area contributed by atoms with E-state index in [0.717, 1.165) is 6.42 Å². The minimum absolute atomic E-state index is 0.384. The van der Waals surface area contributed by atoms with E-state index in [1.165, 1.54) is 0 Å². The summed E-state index contributed by atoms with van der Waals surface area (Å²) in [6.07, 6.45) is 3.18. The molecule has 1 nitrogen and oxygen atoms in total. The third-order valence-electron chi connectivity index (χ3n) is 1.20. The lowest BCUT2D eigenvalue weighted by Crippen LogP contribution is -1.72. The molecule has 0 amide bonds. The zero-order valence-corrected chi connectivity index (χ0v) is 5.03. The highest BCUT2D eigenvalue weighted by Crippen LogP contribution is 2.39. The molecule has 0 bridgehead atoms. The van der Waals surface area contributed by atoms with E-state index in [2.05, 4.69) is 12.3 Å². The van der Waals surface area contributed by atoms with Gasteiger partial charge in [0.05, 0.1) is 12.0 Å². The molecule has 2 heteroatoms. The highest BCUT2D eigenvalue weighted by atomic mass is 32.2. The van der Waals surface area contributed by atoms with Gasteiger partial charge in [0.25, 0.3) is 0 Å². The first-order valence-corrected chi connectivity index (χ1v) is 3.59. The van der Waals surface area contributed by atoms with Gasteiger partial charge in [-0.1, -0.05) is 0 Å². The molecule has 0 radical (unpaired) electrons. The second-order valence-corrected chi connectivity index (χ2v) is 2.82. The van der Waals surface area contributed by atoms with Crippen LogP contribution < -0.4 is 0 Å². The first-order valence-electron chi connectivity index (χ1n) is 2.31. The van der Waals surface area contributed by atoms with Crippen molar-refractivity contribution in [1.82, 2.24) is 0 Å². The Labute approximate surface area is 47.7 Å². The largest absolute Gasteiger partial charge is 0.198 e. The molecular formula is C5H7NS. The molecule has 0 aliphatic heterocycles. The van der Waals surface area contributed by atoms with Crippen molar-refractivity contribution in [2.45, 2.75) is 11.7 Å². The Morgan fingerprint density at radius 3 is 2.71 bits per heavy atom. The Bertz CT molecular complexity index is 105. The molecule has 0 spiro atoms. The van der Waals surface area contributed by atoms with Crippen LogP contribution in [0.5, 0.6) is 0 Å². The predicted molar refractivity (Wildman–Crippen MR) is 31.0 cm³/mol. The van der Waals surface area contributed by atoms with Crippen molar-refractivity contribution in [2.24, 2.45) is 5.92 Å². The summed E-state index contributed by atoms with van der Waals surface area (Å²) < 4.78 is 0. The lowest BCUT2D eigenvalue weighted by Gasteiger charge is -1.78. The van der Waals surface area contributed by atoms with Crippen molar-refractivity contribution in [3.63, 3.8) is 0 Å². The van der Waals surface area contributed by atoms with Gasteiger partial charge in [0.15, 0.2) is 0 Å². The van der Waals surface area contributed by atoms with Crippen LogP contribution in [0, 0.1) is 17.2 Å². The fraction of sp³-hybridized carbons (Fsp3) is 0.800. The van der Waals surface area contributed by atoms with Crippen molar-refractivity contribution in [3.8, 4) is 6.07 Å². The van der Waals surface area contributed by atoms with Crippen molar-refractivity contribution < 1.29 is 0 Å². The number of thioether (sulfide) groups is 1. The smallest absolute Gasteiger partial charge is 0.0667 e. The molecule has 7 heavy (non-hydrogen) atoms. The van der Waals surface area contributed by atoms with Gasteiger partial charge in [-0.25, -0.2) is 0 Å². The molecule has 0 saturated heterocycles. The van der Waals surface area contributed by atoms with E-state index in [1.807, 2.05) is 0 Å². The third kappa shape index (κ3) is 0.889. The molecule has 0 aromatic carbocycles. The van der Waals surface area contributed by atoms with Gasteiger partial charge >= 0.3 is 0 Å². The summed E-state index contributed by atoms with van der Waals surface area (Å²) in [5.74, 6) is 0.384. The molecule has 0 heterocycles. The van der Waals surface area contributed by atoms with E-state index in [1.54, 1.807) is 11.8 Å². The van der Waals surface area contributed by atoms with Crippen LogP contribution in [0.15, 0.2) is 0 Å². The number of nitriles is 1. The van der Waals surface area contributed by atoms with Crippen LogP contribution in [0.3, 0.4) is 0 Å². The number of hydrogen-bond donors (Lipinski definition) is 0. The minimum Gasteiger partial charge on any atom is -0.198 e. The second-order valence-electron chi connectivity index (χ2n) is 1.75.